The molecule has 1 amide bonds. The number of aromatic nitrogens is 9. The summed E-state index contributed by atoms with van der Waals surface area (Å²) in [6.45, 7) is 6.35. The molecule has 10 rings (SSSR count). The van der Waals surface area contributed by atoms with Gasteiger partial charge < -0.3 is 24.8 Å². The molecule has 0 radical (unpaired) electrons. The van der Waals surface area contributed by atoms with Crippen LogP contribution in [-0.4, -0.2) is 70.2 Å². The largest absolute Gasteiger partial charge is 0.359 e. The fraction of sp³-hybridized carbons (Fsp3) is 0.260. The number of aromatic amines is 2. The van der Waals surface area contributed by atoms with Gasteiger partial charge in [-0.1, -0.05) is 51.0 Å². The van der Waals surface area contributed by atoms with Crippen molar-refractivity contribution in [3.63, 3.8) is 0 Å². The minimum atomic E-state index is -0.347. The normalized spacial score (nSPS) is 12.3. The number of H-pyrrole nitrogens is 2. The summed E-state index contributed by atoms with van der Waals surface area (Å²) >= 11 is 0. The third-order valence-corrected chi connectivity index (χ3v) is 11.9. The molecule has 3 N–H and O–H groups in total. The fourth-order valence-corrected chi connectivity index (χ4v) is 8.76. The van der Waals surface area contributed by atoms with Crippen molar-refractivity contribution >= 4 is 55.9 Å². The number of aryl methyl sites for hydroxylation is 1. The Morgan fingerprint density at radius 3 is 2.39 bits per heavy atom. The molecule has 6 aromatic heterocycles. The lowest BCUT2D eigenvalue weighted by atomic mass is 10.0. The van der Waals surface area contributed by atoms with Gasteiger partial charge >= 0.3 is 0 Å². The van der Waals surface area contributed by atoms with E-state index >= 15 is 0 Å². The number of hydrogen-bond donors (Lipinski definition) is 3. The van der Waals surface area contributed by atoms with Crippen molar-refractivity contribution in [1.82, 2.24) is 48.9 Å². The van der Waals surface area contributed by atoms with E-state index in [-0.39, 0.29) is 17.0 Å². The summed E-state index contributed by atoms with van der Waals surface area (Å²) in [5, 5.41) is 24.0. The summed E-state index contributed by atoms with van der Waals surface area (Å²) in [5.74, 6) is 0.997. The minimum absolute atomic E-state index is 0.0101. The van der Waals surface area contributed by atoms with E-state index < -0.39 is 0 Å². The molecule has 0 aliphatic heterocycles. The Morgan fingerprint density at radius 1 is 0.894 bits per heavy atom. The van der Waals surface area contributed by atoms with E-state index in [1.165, 1.54) is 23.3 Å². The summed E-state index contributed by atoms with van der Waals surface area (Å²) in [7, 11) is 3.51. The van der Waals surface area contributed by atoms with Crippen LogP contribution in [0.4, 0.5) is 5.82 Å². The second-order valence-electron chi connectivity index (χ2n) is 15.8. The molecule has 0 atom stereocenters. The predicted molar refractivity (Wildman–Crippen MR) is 257 cm³/mol. The summed E-state index contributed by atoms with van der Waals surface area (Å²) in [6.07, 6.45) is 11.8. The van der Waals surface area contributed by atoms with Crippen molar-refractivity contribution in [2.75, 3.05) is 25.5 Å². The lowest BCUT2D eigenvalue weighted by Crippen LogP contribution is -2.23. The van der Waals surface area contributed by atoms with Crippen LogP contribution in [-0.2, 0) is 4.79 Å². The van der Waals surface area contributed by atoms with Gasteiger partial charge in [-0.25, -0.2) is 19.9 Å². The zero-order valence-corrected chi connectivity index (χ0v) is 37.5. The first-order valence-corrected chi connectivity index (χ1v) is 22.1. The molecule has 16 heteroatoms. The summed E-state index contributed by atoms with van der Waals surface area (Å²) < 4.78 is 5.23. The lowest BCUT2D eigenvalue weighted by molar-refractivity contribution is -0.120. The molecule has 1 saturated carbocycles. The number of hydrogen-bond acceptors (Lipinski definition) is 10. The molecular weight excluding hydrogens is 831 g/mol. The maximum atomic E-state index is 13.4. The molecule has 9 aromatic rings. The highest BCUT2D eigenvalue weighted by Crippen LogP contribution is 2.38. The summed E-state index contributed by atoms with van der Waals surface area (Å²) in [5.41, 5.74) is 7.78. The van der Waals surface area contributed by atoms with Crippen LogP contribution in [0.3, 0.4) is 0 Å². The van der Waals surface area contributed by atoms with Gasteiger partial charge in [-0.05, 0) is 74.7 Å². The van der Waals surface area contributed by atoms with Crippen molar-refractivity contribution < 1.29 is 4.79 Å². The zero-order valence-electron chi connectivity index (χ0n) is 37.5. The molecular formula is C50H49N13O3. The highest BCUT2D eigenvalue weighted by molar-refractivity contribution is 5.92. The number of fused-ring (bicyclic) bond motifs is 4. The number of carbonyl (C=O) groups is 1. The summed E-state index contributed by atoms with van der Waals surface area (Å²) in [6, 6.07) is 28.1. The van der Waals surface area contributed by atoms with Crippen LogP contribution in [0, 0.1) is 29.6 Å². The van der Waals surface area contributed by atoms with Crippen molar-refractivity contribution in [3.8, 4) is 29.2 Å². The van der Waals surface area contributed by atoms with Gasteiger partial charge in [0.1, 0.15) is 41.0 Å². The van der Waals surface area contributed by atoms with Gasteiger partial charge in [-0.2, -0.15) is 10.5 Å². The van der Waals surface area contributed by atoms with E-state index in [2.05, 4.69) is 70.1 Å². The molecule has 3 aromatic carbocycles. The number of nitrogens with zero attached hydrogens (tertiary/aromatic N) is 10. The Bertz CT molecular complexity index is 3450. The van der Waals surface area contributed by atoms with Gasteiger partial charge in [0.25, 0.3) is 11.1 Å². The van der Waals surface area contributed by atoms with Crippen molar-refractivity contribution in [1.29, 1.82) is 10.5 Å². The van der Waals surface area contributed by atoms with Crippen LogP contribution in [0.2, 0.25) is 0 Å². The molecule has 0 spiro atoms. The number of anilines is 1. The SMILES string of the molecule is CC.CNC(=O)CCCN(C)c1ncnc2ccc(-n3c(=O)cnc4[nH]cc(C#N)c43)cc12.Cc1nc2[nH]c(C3CCCC3)c(C#N)c2n(-c2ccc3ccn(-c4ccccc4)c3c2)c1=O. The van der Waals surface area contributed by atoms with E-state index in [9.17, 15) is 24.9 Å². The number of para-hydroxylation sites is 1. The number of benzene rings is 3. The minimum Gasteiger partial charge on any atom is -0.359 e. The van der Waals surface area contributed by atoms with Gasteiger partial charge in [-0.15, -0.1) is 0 Å². The highest BCUT2D eigenvalue weighted by Gasteiger charge is 2.27. The molecule has 6 heterocycles. The average molecular weight is 880 g/mol. The lowest BCUT2D eigenvalue weighted by Gasteiger charge is -2.20. The first-order valence-electron chi connectivity index (χ1n) is 22.1. The predicted octanol–water partition coefficient (Wildman–Crippen LogP) is 8.01. The van der Waals surface area contributed by atoms with E-state index in [0.29, 0.717) is 76.0 Å². The third-order valence-electron chi connectivity index (χ3n) is 11.9. The maximum absolute atomic E-state index is 13.4. The molecule has 16 nitrogen and oxygen atoms in total. The van der Waals surface area contributed by atoms with E-state index in [1.54, 1.807) is 24.6 Å². The molecule has 0 saturated heterocycles. The van der Waals surface area contributed by atoms with E-state index in [1.807, 2.05) is 80.5 Å². The number of rotatable bonds is 9. The van der Waals surface area contributed by atoms with Crippen LogP contribution >= 0.6 is 0 Å². The second kappa shape index (κ2) is 19.2. The standard InChI is InChI=1S/C27H23N5O.C21H20N8O2.C2H6/c1-17-27(33)32(25-22(16-28)24(30-26(25)29-17)19-7-5-6-8-19)21-12-11-18-13-14-31(23(18)15-21)20-9-3-2-4-10-20;1-23-17(30)4-3-7-28(2)21-15-8-14(5-6-16(15)26-12-27-21)29-18(31)11-25-20-19(29)13(9-22)10-24-20;1-2/h2-4,9-15,19,30H,5-8H2,1H3;5-6,8,10-12,24H,3-4,7H2,1-2H3,(H,23,30);1-2H3. The zero-order chi connectivity index (χ0) is 46.5. The third kappa shape index (κ3) is 8.28. The molecule has 1 aliphatic carbocycles. The van der Waals surface area contributed by atoms with Crippen LogP contribution in [0.25, 0.3) is 61.2 Å². The maximum Gasteiger partial charge on any atom is 0.277 e. The van der Waals surface area contributed by atoms with Crippen molar-refractivity contribution in [2.24, 2.45) is 0 Å². The number of nitriles is 2. The van der Waals surface area contributed by atoms with Crippen LogP contribution in [0.1, 0.15) is 80.8 Å². The number of carbonyl (C=O) groups excluding carboxylic acids is 1. The smallest absolute Gasteiger partial charge is 0.277 e. The molecule has 1 aliphatic rings. The highest BCUT2D eigenvalue weighted by atomic mass is 16.1. The first-order chi connectivity index (χ1) is 32.2. The molecule has 66 heavy (non-hydrogen) atoms. The van der Waals surface area contributed by atoms with Crippen LogP contribution < -0.4 is 21.3 Å². The Balaban J connectivity index is 0.000000173. The van der Waals surface area contributed by atoms with Crippen molar-refractivity contribution in [2.45, 2.75) is 65.2 Å². The Hall–Kier alpha value is -8.37. The average Bonchev–Trinajstić information content (AvgIpc) is 4.19. The van der Waals surface area contributed by atoms with Gasteiger partial charge in [0.15, 0.2) is 11.3 Å². The summed E-state index contributed by atoms with van der Waals surface area (Å²) in [4.78, 5) is 63.2. The van der Waals surface area contributed by atoms with E-state index in [4.69, 9.17) is 0 Å². The van der Waals surface area contributed by atoms with Crippen LogP contribution in [0.15, 0.2) is 107 Å². The Kier molecular flexibility index (Phi) is 12.8. The Labute approximate surface area is 379 Å². The Morgan fingerprint density at radius 2 is 1.65 bits per heavy atom. The van der Waals surface area contributed by atoms with Gasteiger partial charge in [0.2, 0.25) is 5.91 Å². The monoisotopic (exact) mass is 879 g/mol. The number of amides is 1. The quantitative estimate of drug-likeness (QED) is 0.127. The fourth-order valence-electron chi connectivity index (χ4n) is 8.76. The first kappa shape index (κ1) is 44.2. The molecule has 0 bridgehead atoms. The molecule has 332 valence electrons. The second-order valence-corrected chi connectivity index (χ2v) is 15.8. The molecule has 0 unspecified atom stereocenters. The molecule has 1 fully saturated rings. The van der Waals surface area contributed by atoms with Gasteiger partial charge in [-0.3, -0.25) is 23.5 Å². The topological polar surface area (TPSA) is 212 Å². The van der Waals surface area contributed by atoms with Gasteiger partial charge in [0, 0.05) is 67.5 Å². The van der Waals surface area contributed by atoms with E-state index in [0.717, 1.165) is 64.6 Å². The van der Waals surface area contributed by atoms with Crippen molar-refractivity contribution in [3.05, 3.63) is 141 Å². The number of nitrogens with one attached hydrogen (secondary N) is 3. The van der Waals surface area contributed by atoms with Gasteiger partial charge in [0.05, 0.1) is 39.7 Å². The van der Waals surface area contributed by atoms with Crippen LogP contribution in [0.5, 0.6) is 0 Å².